The number of aliphatic hydroxyl groups is 2. The average Bonchev–Trinajstić information content (AvgIpc) is 3.16. The average molecular weight is 478 g/mol. The van der Waals surface area contributed by atoms with Crippen LogP contribution in [0.3, 0.4) is 0 Å². The molecule has 2 N–H and O–H groups in total. The predicted octanol–water partition coefficient (Wildman–Crippen LogP) is 6.59. The van der Waals surface area contributed by atoms with Crippen LogP contribution >= 0.6 is 23.2 Å². The van der Waals surface area contributed by atoms with Crippen LogP contribution in [0.5, 0.6) is 5.75 Å². The summed E-state index contributed by atoms with van der Waals surface area (Å²) in [6, 6.07) is 12.5. The molecule has 1 unspecified atom stereocenters. The van der Waals surface area contributed by atoms with E-state index >= 15 is 0 Å². The smallest absolute Gasteiger partial charge is 0.228 e. The Kier molecular flexibility index (Phi) is 7.88. The molecule has 3 rings (SSSR count). The quantitative estimate of drug-likeness (QED) is 0.363. The highest BCUT2D eigenvalue weighted by Crippen LogP contribution is 2.34. The molecule has 0 aliphatic rings. The maximum absolute atomic E-state index is 10.7. The second-order valence-corrected chi connectivity index (χ2v) is 9.60. The van der Waals surface area contributed by atoms with Crippen molar-refractivity contribution in [2.24, 2.45) is 0 Å². The van der Waals surface area contributed by atoms with Crippen LogP contribution < -0.4 is 4.74 Å². The van der Waals surface area contributed by atoms with Crippen LogP contribution in [0.2, 0.25) is 10.0 Å². The Balaban J connectivity index is 1.72. The molecule has 0 saturated heterocycles. The van der Waals surface area contributed by atoms with E-state index in [1.165, 1.54) is 0 Å². The lowest BCUT2D eigenvalue weighted by Crippen LogP contribution is -2.32. The standard InChI is InChI=1S/C25H29Cl2NO4/c1-15(2)23-21(28-24(31-23)19-10-7-17(26)13-20(19)27)11-12-22(30)16-5-8-18(9-6-16)32-25(3,4)14-29/h5-10,13,15,22,29-30H,11-12,14H2,1-4H3. The number of rotatable bonds is 9. The molecule has 0 radical (unpaired) electrons. The Morgan fingerprint density at radius 2 is 1.78 bits per heavy atom. The van der Waals surface area contributed by atoms with Gasteiger partial charge in [0.2, 0.25) is 5.89 Å². The van der Waals surface area contributed by atoms with E-state index in [4.69, 9.17) is 32.4 Å². The molecule has 5 nitrogen and oxygen atoms in total. The second-order valence-electron chi connectivity index (χ2n) is 8.75. The Morgan fingerprint density at radius 1 is 1.09 bits per heavy atom. The number of ether oxygens (including phenoxy) is 1. The van der Waals surface area contributed by atoms with E-state index < -0.39 is 11.7 Å². The monoisotopic (exact) mass is 477 g/mol. The molecule has 1 aromatic heterocycles. The molecule has 2 aromatic carbocycles. The maximum atomic E-state index is 10.7. The third-order valence-electron chi connectivity index (χ3n) is 5.11. The largest absolute Gasteiger partial charge is 0.485 e. The van der Waals surface area contributed by atoms with Crippen molar-refractivity contribution in [2.75, 3.05) is 6.61 Å². The number of hydrogen-bond donors (Lipinski definition) is 2. The van der Waals surface area contributed by atoms with Crippen molar-refractivity contribution >= 4 is 23.2 Å². The second kappa shape index (κ2) is 10.3. The van der Waals surface area contributed by atoms with Crippen LogP contribution in [-0.4, -0.2) is 27.4 Å². The Bertz CT molecular complexity index is 1040. The van der Waals surface area contributed by atoms with Crippen LogP contribution in [-0.2, 0) is 6.42 Å². The fraction of sp³-hybridized carbons (Fsp3) is 0.400. The summed E-state index contributed by atoms with van der Waals surface area (Å²) in [6.07, 6.45) is 0.385. The van der Waals surface area contributed by atoms with Gasteiger partial charge in [0.05, 0.1) is 29.0 Å². The van der Waals surface area contributed by atoms with E-state index in [2.05, 4.69) is 4.98 Å². The molecule has 7 heteroatoms. The highest BCUT2D eigenvalue weighted by atomic mass is 35.5. The molecule has 0 amide bonds. The third kappa shape index (κ3) is 6.04. The lowest BCUT2D eigenvalue weighted by atomic mass is 10.0. The molecule has 0 bridgehead atoms. The van der Waals surface area contributed by atoms with Crippen LogP contribution in [0, 0.1) is 0 Å². The van der Waals surface area contributed by atoms with Crippen molar-refractivity contribution in [3.8, 4) is 17.2 Å². The summed E-state index contributed by atoms with van der Waals surface area (Å²) >= 11 is 12.3. The summed E-state index contributed by atoms with van der Waals surface area (Å²) in [7, 11) is 0. The molecule has 3 aromatic rings. The number of hydrogen-bond acceptors (Lipinski definition) is 5. The number of aryl methyl sites for hydroxylation is 1. The Labute approximate surface area is 199 Å². The number of benzene rings is 2. The Morgan fingerprint density at radius 3 is 2.38 bits per heavy atom. The van der Waals surface area contributed by atoms with Crippen molar-refractivity contribution in [2.45, 2.75) is 58.2 Å². The van der Waals surface area contributed by atoms with E-state index in [1.54, 1.807) is 30.3 Å². The van der Waals surface area contributed by atoms with Gasteiger partial charge in [-0.2, -0.15) is 0 Å². The summed E-state index contributed by atoms with van der Waals surface area (Å²) in [6.45, 7) is 7.62. The number of halogens is 2. The lowest BCUT2D eigenvalue weighted by Gasteiger charge is -2.24. The highest BCUT2D eigenvalue weighted by Gasteiger charge is 2.21. The van der Waals surface area contributed by atoms with Crippen molar-refractivity contribution in [3.05, 3.63) is 69.5 Å². The van der Waals surface area contributed by atoms with Gasteiger partial charge in [-0.15, -0.1) is 0 Å². The third-order valence-corrected chi connectivity index (χ3v) is 5.66. The first-order valence-electron chi connectivity index (χ1n) is 10.6. The van der Waals surface area contributed by atoms with Gasteiger partial charge >= 0.3 is 0 Å². The van der Waals surface area contributed by atoms with Crippen LogP contribution in [0.1, 0.15) is 63.2 Å². The molecular formula is C25H29Cl2NO4. The van der Waals surface area contributed by atoms with Gasteiger partial charge in [-0.05, 0) is 62.6 Å². The summed E-state index contributed by atoms with van der Waals surface area (Å²) in [5, 5.41) is 21.1. The molecular weight excluding hydrogens is 449 g/mol. The van der Waals surface area contributed by atoms with Crippen LogP contribution in [0.15, 0.2) is 46.9 Å². The number of aromatic nitrogens is 1. The van der Waals surface area contributed by atoms with E-state index in [-0.39, 0.29) is 12.5 Å². The molecule has 1 atom stereocenters. The van der Waals surface area contributed by atoms with Crippen molar-refractivity contribution in [3.63, 3.8) is 0 Å². The Hall–Kier alpha value is -2.05. The lowest BCUT2D eigenvalue weighted by molar-refractivity contribution is 0.0412. The van der Waals surface area contributed by atoms with Crippen molar-refractivity contribution < 1.29 is 19.4 Å². The van der Waals surface area contributed by atoms with E-state index in [9.17, 15) is 10.2 Å². The van der Waals surface area contributed by atoms with Crippen LogP contribution in [0.25, 0.3) is 11.5 Å². The van der Waals surface area contributed by atoms with Gasteiger partial charge in [0.1, 0.15) is 17.1 Å². The number of aliphatic hydroxyl groups excluding tert-OH is 2. The predicted molar refractivity (Wildman–Crippen MR) is 128 cm³/mol. The SMILES string of the molecule is CC(C)c1oc(-c2ccc(Cl)cc2Cl)nc1CCC(O)c1ccc(OC(C)(C)CO)cc1. The molecule has 0 aliphatic heterocycles. The normalized spacial score (nSPS) is 12.9. The van der Waals surface area contributed by atoms with Crippen molar-refractivity contribution in [1.82, 2.24) is 4.98 Å². The molecule has 1 heterocycles. The first-order chi connectivity index (χ1) is 15.1. The minimum absolute atomic E-state index is 0.0868. The molecule has 172 valence electrons. The minimum Gasteiger partial charge on any atom is -0.485 e. The molecule has 32 heavy (non-hydrogen) atoms. The minimum atomic E-state index is -0.662. The van der Waals surface area contributed by atoms with Gasteiger partial charge in [0, 0.05) is 10.9 Å². The van der Waals surface area contributed by atoms with Gasteiger partial charge in [0.15, 0.2) is 0 Å². The summed E-state index contributed by atoms with van der Waals surface area (Å²) in [4.78, 5) is 4.67. The maximum Gasteiger partial charge on any atom is 0.228 e. The zero-order valence-electron chi connectivity index (χ0n) is 18.7. The van der Waals surface area contributed by atoms with E-state index in [0.29, 0.717) is 40.1 Å². The summed E-state index contributed by atoms with van der Waals surface area (Å²) in [5.74, 6) is 2.02. The van der Waals surface area contributed by atoms with Gasteiger partial charge in [0.25, 0.3) is 0 Å². The van der Waals surface area contributed by atoms with Gasteiger partial charge in [-0.3, -0.25) is 0 Å². The first-order valence-corrected chi connectivity index (χ1v) is 11.4. The van der Waals surface area contributed by atoms with E-state index in [0.717, 1.165) is 17.0 Å². The molecule has 0 fully saturated rings. The van der Waals surface area contributed by atoms with Crippen LogP contribution in [0.4, 0.5) is 0 Å². The van der Waals surface area contributed by atoms with Gasteiger partial charge < -0.3 is 19.4 Å². The first kappa shape index (κ1) is 24.6. The number of oxazole rings is 1. The molecule has 0 spiro atoms. The topological polar surface area (TPSA) is 75.7 Å². The zero-order valence-corrected chi connectivity index (χ0v) is 20.2. The fourth-order valence-electron chi connectivity index (χ4n) is 3.32. The summed E-state index contributed by atoms with van der Waals surface area (Å²) < 4.78 is 11.8. The van der Waals surface area contributed by atoms with Gasteiger partial charge in [-0.1, -0.05) is 49.2 Å². The highest BCUT2D eigenvalue weighted by molar-refractivity contribution is 6.36. The molecule has 0 saturated carbocycles. The van der Waals surface area contributed by atoms with E-state index in [1.807, 2.05) is 39.8 Å². The summed E-state index contributed by atoms with van der Waals surface area (Å²) in [5.41, 5.74) is 1.62. The number of nitrogens with zero attached hydrogens (tertiary/aromatic N) is 1. The van der Waals surface area contributed by atoms with Crippen molar-refractivity contribution in [1.29, 1.82) is 0 Å². The fourth-order valence-corrected chi connectivity index (χ4v) is 3.81. The molecule has 0 aliphatic carbocycles. The van der Waals surface area contributed by atoms with Gasteiger partial charge in [-0.25, -0.2) is 4.98 Å². The zero-order chi connectivity index (χ0) is 23.5.